The standard InChI is InChI=1S/C17H18O3/c1-12(18)17(13(2)19)9-10-20-16-8-7-14-5-3-4-6-15(14)11-16/h3-8,11,17H,9-10H2,1-2H3. The molecular weight excluding hydrogens is 252 g/mol. The highest BCUT2D eigenvalue weighted by Crippen LogP contribution is 2.21. The Hall–Kier alpha value is -2.16. The van der Waals surface area contributed by atoms with E-state index in [9.17, 15) is 9.59 Å². The van der Waals surface area contributed by atoms with Crippen LogP contribution in [0.1, 0.15) is 20.3 Å². The van der Waals surface area contributed by atoms with Crippen LogP contribution in [0.25, 0.3) is 10.8 Å². The summed E-state index contributed by atoms with van der Waals surface area (Å²) in [5.74, 6) is 0.0178. The summed E-state index contributed by atoms with van der Waals surface area (Å²) in [6.07, 6.45) is 0.428. The lowest BCUT2D eigenvalue weighted by Crippen LogP contribution is -2.21. The van der Waals surface area contributed by atoms with Crippen LogP contribution in [0.4, 0.5) is 0 Å². The molecule has 0 unspecified atom stereocenters. The molecule has 2 rings (SSSR count). The van der Waals surface area contributed by atoms with Crippen molar-refractivity contribution in [2.45, 2.75) is 20.3 Å². The number of ketones is 2. The van der Waals surface area contributed by atoms with Gasteiger partial charge in [0.05, 0.1) is 12.5 Å². The molecule has 0 radical (unpaired) electrons. The Kier molecular flexibility index (Phi) is 4.51. The van der Waals surface area contributed by atoms with Gasteiger partial charge >= 0.3 is 0 Å². The molecule has 0 aliphatic heterocycles. The smallest absolute Gasteiger partial charge is 0.140 e. The number of carbonyl (C=O) groups excluding carboxylic acids is 2. The van der Waals surface area contributed by atoms with E-state index in [-0.39, 0.29) is 11.6 Å². The predicted molar refractivity (Wildman–Crippen MR) is 78.9 cm³/mol. The summed E-state index contributed by atoms with van der Waals surface area (Å²) in [6, 6.07) is 13.9. The largest absolute Gasteiger partial charge is 0.494 e. The monoisotopic (exact) mass is 270 g/mol. The summed E-state index contributed by atoms with van der Waals surface area (Å²) >= 11 is 0. The zero-order valence-electron chi connectivity index (χ0n) is 11.8. The van der Waals surface area contributed by atoms with Gasteiger partial charge in [0, 0.05) is 0 Å². The molecule has 0 atom stereocenters. The molecule has 0 fully saturated rings. The number of benzene rings is 2. The van der Waals surface area contributed by atoms with Gasteiger partial charge in [-0.1, -0.05) is 30.3 Å². The minimum absolute atomic E-state index is 0.0976. The van der Waals surface area contributed by atoms with Gasteiger partial charge in [-0.25, -0.2) is 0 Å². The molecule has 0 aliphatic carbocycles. The van der Waals surface area contributed by atoms with Crippen molar-refractivity contribution >= 4 is 22.3 Å². The van der Waals surface area contributed by atoms with Crippen LogP contribution in [0.5, 0.6) is 5.75 Å². The van der Waals surface area contributed by atoms with Gasteiger partial charge in [0.1, 0.15) is 17.3 Å². The lowest BCUT2D eigenvalue weighted by Gasteiger charge is -2.11. The van der Waals surface area contributed by atoms with E-state index in [2.05, 4.69) is 0 Å². The second kappa shape index (κ2) is 6.33. The van der Waals surface area contributed by atoms with E-state index in [1.54, 1.807) is 0 Å². The van der Waals surface area contributed by atoms with Gasteiger partial charge in [0.15, 0.2) is 0 Å². The molecule has 3 nitrogen and oxygen atoms in total. The van der Waals surface area contributed by atoms with Gasteiger partial charge in [-0.3, -0.25) is 9.59 Å². The molecule has 0 aliphatic rings. The van der Waals surface area contributed by atoms with E-state index in [4.69, 9.17) is 4.74 Å². The van der Waals surface area contributed by atoms with Gasteiger partial charge in [-0.15, -0.1) is 0 Å². The third kappa shape index (κ3) is 3.44. The van der Waals surface area contributed by atoms with E-state index < -0.39 is 5.92 Å². The first-order valence-corrected chi connectivity index (χ1v) is 6.70. The Morgan fingerprint density at radius 3 is 2.30 bits per heavy atom. The highest BCUT2D eigenvalue weighted by atomic mass is 16.5. The van der Waals surface area contributed by atoms with E-state index >= 15 is 0 Å². The molecule has 0 heterocycles. The van der Waals surface area contributed by atoms with Gasteiger partial charge in [-0.2, -0.15) is 0 Å². The molecule has 0 spiro atoms. The van der Waals surface area contributed by atoms with Crippen LogP contribution in [0.2, 0.25) is 0 Å². The SMILES string of the molecule is CC(=O)C(CCOc1ccc2ccccc2c1)C(C)=O. The fourth-order valence-electron chi connectivity index (χ4n) is 2.24. The molecule has 0 bridgehead atoms. The maximum absolute atomic E-state index is 11.3. The summed E-state index contributed by atoms with van der Waals surface area (Å²) in [5, 5.41) is 2.27. The first kappa shape index (κ1) is 14.3. The van der Waals surface area contributed by atoms with Crippen molar-refractivity contribution < 1.29 is 14.3 Å². The van der Waals surface area contributed by atoms with Gasteiger partial charge in [0.25, 0.3) is 0 Å². The first-order chi connectivity index (χ1) is 9.58. The Bertz CT molecular complexity index is 617. The number of hydrogen-bond donors (Lipinski definition) is 0. The van der Waals surface area contributed by atoms with Crippen LogP contribution in [-0.2, 0) is 9.59 Å². The second-order valence-corrected chi connectivity index (χ2v) is 4.92. The molecule has 104 valence electrons. The topological polar surface area (TPSA) is 43.4 Å². The van der Waals surface area contributed by atoms with Crippen molar-refractivity contribution in [3.05, 3.63) is 42.5 Å². The normalized spacial score (nSPS) is 10.8. The molecule has 0 aromatic heterocycles. The van der Waals surface area contributed by atoms with E-state index in [1.165, 1.54) is 13.8 Å². The molecule has 3 heteroatoms. The molecule has 0 N–H and O–H groups in total. The van der Waals surface area contributed by atoms with E-state index in [1.807, 2.05) is 42.5 Å². The maximum Gasteiger partial charge on any atom is 0.140 e. The third-order valence-corrected chi connectivity index (χ3v) is 3.38. The van der Waals surface area contributed by atoms with Crippen molar-refractivity contribution in [1.82, 2.24) is 0 Å². The highest BCUT2D eigenvalue weighted by Gasteiger charge is 2.19. The molecule has 2 aromatic rings. The van der Waals surface area contributed by atoms with Crippen LogP contribution in [0.3, 0.4) is 0 Å². The van der Waals surface area contributed by atoms with Crippen LogP contribution in [0, 0.1) is 5.92 Å². The Morgan fingerprint density at radius 2 is 1.65 bits per heavy atom. The molecule has 0 saturated heterocycles. The minimum atomic E-state index is -0.546. The summed E-state index contributed by atoms with van der Waals surface area (Å²) in [6.45, 7) is 3.26. The van der Waals surface area contributed by atoms with Crippen molar-refractivity contribution in [2.24, 2.45) is 5.92 Å². The zero-order valence-corrected chi connectivity index (χ0v) is 11.8. The fraction of sp³-hybridized carbons (Fsp3) is 0.294. The fourth-order valence-corrected chi connectivity index (χ4v) is 2.24. The molecule has 2 aromatic carbocycles. The number of carbonyl (C=O) groups is 2. The lowest BCUT2D eigenvalue weighted by atomic mass is 9.98. The summed E-state index contributed by atoms with van der Waals surface area (Å²) in [5.41, 5.74) is 0. The summed E-state index contributed by atoms with van der Waals surface area (Å²) in [7, 11) is 0. The van der Waals surface area contributed by atoms with Gasteiger partial charge in [-0.05, 0) is 43.2 Å². The number of fused-ring (bicyclic) bond motifs is 1. The third-order valence-electron chi connectivity index (χ3n) is 3.38. The van der Waals surface area contributed by atoms with Crippen LogP contribution in [-0.4, -0.2) is 18.2 Å². The van der Waals surface area contributed by atoms with Crippen LogP contribution in [0.15, 0.2) is 42.5 Å². The predicted octanol–water partition coefficient (Wildman–Crippen LogP) is 3.40. The molecule has 0 amide bonds. The zero-order chi connectivity index (χ0) is 14.5. The Balaban J connectivity index is 1.99. The second-order valence-electron chi connectivity index (χ2n) is 4.92. The van der Waals surface area contributed by atoms with Gasteiger partial charge < -0.3 is 4.74 Å². The lowest BCUT2D eigenvalue weighted by molar-refractivity contribution is -0.130. The highest BCUT2D eigenvalue weighted by molar-refractivity contribution is 6.00. The number of ether oxygens (including phenoxy) is 1. The average Bonchev–Trinajstić information content (AvgIpc) is 2.42. The Labute approximate surface area is 118 Å². The molecular formula is C17H18O3. The van der Waals surface area contributed by atoms with Gasteiger partial charge in [0.2, 0.25) is 0 Å². The Morgan fingerprint density at radius 1 is 1.00 bits per heavy atom. The first-order valence-electron chi connectivity index (χ1n) is 6.70. The number of rotatable bonds is 6. The van der Waals surface area contributed by atoms with Crippen molar-refractivity contribution in [1.29, 1.82) is 0 Å². The van der Waals surface area contributed by atoms with E-state index in [0.717, 1.165) is 16.5 Å². The minimum Gasteiger partial charge on any atom is -0.494 e. The van der Waals surface area contributed by atoms with E-state index in [0.29, 0.717) is 13.0 Å². The summed E-state index contributed by atoms with van der Waals surface area (Å²) in [4.78, 5) is 22.7. The molecule has 20 heavy (non-hydrogen) atoms. The maximum atomic E-state index is 11.3. The quantitative estimate of drug-likeness (QED) is 0.755. The number of Topliss-reactive ketones (excluding diaryl/α,β-unsaturated/α-hetero) is 2. The van der Waals surface area contributed by atoms with Crippen LogP contribution >= 0.6 is 0 Å². The summed E-state index contributed by atoms with van der Waals surface area (Å²) < 4.78 is 5.64. The average molecular weight is 270 g/mol. The molecule has 0 saturated carbocycles. The van der Waals surface area contributed by atoms with Crippen molar-refractivity contribution in [2.75, 3.05) is 6.61 Å². The van der Waals surface area contributed by atoms with Crippen molar-refractivity contribution in [3.8, 4) is 5.75 Å². The number of hydrogen-bond acceptors (Lipinski definition) is 3. The van der Waals surface area contributed by atoms with Crippen molar-refractivity contribution in [3.63, 3.8) is 0 Å². The van der Waals surface area contributed by atoms with Crippen LogP contribution < -0.4 is 4.74 Å².